The molecule has 0 radical (unpaired) electrons. The van der Waals surface area contributed by atoms with Gasteiger partial charge in [-0.2, -0.15) is 5.10 Å². The Hall–Kier alpha value is -3.14. The predicted molar refractivity (Wildman–Crippen MR) is 151 cm³/mol. The van der Waals surface area contributed by atoms with E-state index in [0.29, 0.717) is 27.9 Å². The lowest BCUT2D eigenvalue weighted by molar-refractivity contribution is -0.118. The highest BCUT2D eigenvalue weighted by atomic mass is 35.5. The number of carbonyl (C=O) groups is 1. The predicted octanol–water partition coefficient (Wildman–Crippen LogP) is 5.62. The van der Waals surface area contributed by atoms with Crippen LogP contribution in [0.1, 0.15) is 35.8 Å². The maximum absolute atomic E-state index is 13.7. The molecule has 37 heavy (non-hydrogen) atoms. The van der Waals surface area contributed by atoms with E-state index in [1.54, 1.807) is 46.4 Å². The fourth-order valence-electron chi connectivity index (χ4n) is 4.15. The fourth-order valence-corrected chi connectivity index (χ4v) is 6.38. The summed E-state index contributed by atoms with van der Waals surface area (Å²) in [7, 11) is 0. The molecule has 10 heteroatoms. The van der Waals surface area contributed by atoms with E-state index in [-0.39, 0.29) is 17.2 Å². The molecule has 2 heterocycles. The van der Waals surface area contributed by atoms with Crippen molar-refractivity contribution in [3.05, 3.63) is 79.9 Å². The SMILES string of the molecule is CCCOc1ccc(C=NNC(=O)CSc2nc3sc4c(c3c(=O)n2-c2ccc(Cl)cc2)CCC4)cc1. The minimum atomic E-state index is -0.296. The molecule has 0 spiro atoms. The first kappa shape index (κ1) is 25.5. The number of hydrogen-bond donors (Lipinski definition) is 1. The van der Waals surface area contributed by atoms with Gasteiger partial charge < -0.3 is 4.74 Å². The van der Waals surface area contributed by atoms with E-state index in [4.69, 9.17) is 21.3 Å². The number of rotatable bonds is 9. The fraction of sp³-hybridized carbons (Fsp3) is 0.259. The molecule has 0 aliphatic heterocycles. The molecule has 2 aromatic carbocycles. The van der Waals surface area contributed by atoms with Crippen LogP contribution < -0.4 is 15.7 Å². The van der Waals surface area contributed by atoms with Crippen molar-refractivity contribution in [1.29, 1.82) is 0 Å². The third kappa shape index (κ3) is 5.74. The van der Waals surface area contributed by atoms with Gasteiger partial charge in [-0.15, -0.1) is 11.3 Å². The molecular weight excluding hydrogens is 528 g/mol. The quantitative estimate of drug-likeness (QED) is 0.126. The van der Waals surface area contributed by atoms with Gasteiger partial charge in [0.2, 0.25) is 0 Å². The van der Waals surface area contributed by atoms with Gasteiger partial charge in [0, 0.05) is 9.90 Å². The summed E-state index contributed by atoms with van der Waals surface area (Å²) in [5.74, 6) is 0.555. The van der Waals surface area contributed by atoms with Crippen molar-refractivity contribution in [3.63, 3.8) is 0 Å². The van der Waals surface area contributed by atoms with Crippen LogP contribution in [0.15, 0.2) is 63.6 Å². The molecule has 190 valence electrons. The van der Waals surface area contributed by atoms with Crippen LogP contribution in [-0.4, -0.2) is 34.0 Å². The lowest BCUT2D eigenvalue weighted by Gasteiger charge is -2.12. The first-order chi connectivity index (χ1) is 18.0. The number of halogens is 1. The highest BCUT2D eigenvalue weighted by molar-refractivity contribution is 7.99. The van der Waals surface area contributed by atoms with Crippen LogP contribution in [0, 0.1) is 0 Å². The van der Waals surface area contributed by atoms with Gasteiger partial charge in [0.15, 0.2) is 5.16 Å². The van der Waals surface area contributed by atoms with Crippen molar-refractivity contribution in [1.82, 2.24) is 15.0 Å². The van der Waals surface area contributed by atoms with Gasteiger partial charge in [0.25, 0.3) is 11.5 Å². The lowest BCUT2D eigenvalue weighted by Crippen LogP contribution is -2.24. The van der Waals surface area contributed by atoms with Crippen molar-refractivity contribution >= 4 is 57.0 Å². The minimum Gasteiger partial charge on any atom is -0.494 e. The summed E-state index contributed by atoms with van der Waals surface area (Å²) in [6.45, 7) is 2.73. The lowest BCUT2D eigenvalue weighted by atomic mass is 10.2. The van der Waals surface area contributed by atoms with Gasteiger partial charge in [0.05, 0.1) is 29.6 Å². The van der Waals surface area contributed by atoms with Crippen LogP contribution in [0.5, 0.6) is 5.75 Å². The minimum absolute atomic E-state index is 0.0533. The number of ether oxygens (including phenoxy) is 1. The third-order valence-corrected chi connectivity index (χ3v) is 8.26. The molecule has 4 aromatic rings. The summed E-state index contributed by atoms with van der Waals surface area (Å²) in [4.78, 5) is 33.0. The van der Waals surface area contributed by atoms with E-state index in [2.05, 4.69) is 17.5 Å². The van der Waals surface area contributed by atoms with E-state index >= 15 is 0 Å². The average molecular weight is 553 g/mol. The number of nitrogens with one attached hydrogen (secondary N) is 1. The van der Waals surface area contributed by atoms with Crippen molar-refractivity contribution in [2.75, 3.05) is 12.4 Å². The number of aromatic nitrogens is 2. The maximum atomic E-state index is 13.7. The van der Waals surface area contributed by atoms with Crippen LogP contribution in [0.25, 0.3) is 15.9 Å². The molecule has 0 saturated heterocycles. The molecule has 0 saturated carbocycles. The van der Waals surface area contributed by atoms with Gasteiger partial charge in [-0.25, -0.2) is 10.4 Å². The zero-order valence-electron chi connectivity index (χ0n) is 20.2. The molecule has 5 rings (SSSR count). The summed E-state index contributed by atoms with van der Waals surface area (Å²) >= 11 is 8.86. The molecular formula is C27H25ClN4O3S2. The second kappa shape index (κ2) is 11.5. The van der Waals surface area contributed by atoms with E-state index in [1.165, 1.54) is 16.6 Å². The largest absolute Gasteiger partial charge is 0.494 e. The molecule has 0 unspecified atom stereocenters. The standard InChI is InChI=1S/C27H25ClN4O3S2/c1-2-14-35-20-12-6-17(7-13-20)15-29-31-23(33)16-36-27-30-25-24(21-4-3-5-22(21)37-25)26(34)32(27)19-10-8-18(28)9-11-19/h6-13,15H,2-5,14,16H2,1H3,(H,31,33). The topological polar surface area (TPSA) is 85.6 Å². The number of fused-ring (bicyclic) bond motifs is 3. The molecule has 1 N–H and O–H groups in total. The van der Waals surface area contributed by atoms with Crippen LogP contribution >= 0.6 is 34.7 Å². The summed E-state index contributed by atoms with van der Waals surface area (Å²) in [6, 6.07) is 14.5. The van der Waals surface area contributed by atoms with Gasteiger partial charge in [-0.05, 0) is 85.3 Å². The van der Waals surface area contributed by atoms with E-state index in [1.807, 2.05) is 24.3 Å². The van der Waals surface area contributed by atoms with Gasteiger partial charge in [-0.3, -0.25) is 14.2 Å². The smallest absolute Gasteiger partial charge is 0.267 e. The first-order valence-electron chi connectivity index (χ1n) is 12.0. The molecule has 1 aliphatic carbocycles. The van der Waals surface area contributed by atoms with E-state index in [9.17, 15) is 9.59 Å². The third-order valence-electron chi connectivity index (χ3n) is 5.88. The number of benzene rings is 2. The molecule has 1 amide bonds. The second-order valence-electron chi connectivity index (χ2n) is 8.55. The van der Waals surface area contributed by atoms with Crippen LogP contribution in [0.2, 0.25) is 5.02 Å². The summed E-state index contributed by atoms with van der Waals surface area (Å²) in [5, 5.41) is 5.79. The molecule has 7 nitrogen and oxygen atoms in total. The van der Waals surface area contributed by atoms with E-state index < -0.39 is 0 Å². The Kier molecular flexibility index (Phi) is 7.93. The average Bonchev–Trinajstić information content (AvgIpc) is 3.49. The van der Waals surface area contributed by atoms with Gasteiger partial charge >= 0.3 is 0 Å². The summed E-state index contributed by atoms with van der Waals surface area (Å²) in [6.07, 6.45) is 5.46. The summed E-state index contributed by atoms with van der Waals surface area (Å²) in [5.41, 5.74) is 5.06. The van der Waals surface area contributed by atoms with E-state index in [0.717, 1.165) is 47.4 Å². The Morgan fingerprint density at radius 3 is 2.76 bits per heavy atom. The zero-order chi connectivity index (χ0) is 25.8. The highest BCUT2D eigenvalue weighted by Gasteiger charge is 2.24. The number of thiophene rings is 1. The highest BCUT2D eigenvalue weighted by Crippen LogP contribution is 2.36. The number of thioether (sulfide) groups is 1. The van der Waals surface area contributed by atoms with Crippen molar-refractivity contribution in [3.8, 4) is 11.4 Å². The monoisotopic (exact) mass is 552 g/mol. The molecule has 2 aromatic heterocycles. The molecule has 1 aliphatic rings. The Morgan fingerprint density at radius 1 is 1.22 bits per heavy atom. The van der Waals surface area contributed by atoms with Crippen LogP contribution in [-0.2, 0) is 17.6 Å². The second-order valence-corrected chi connectivity index (χ2v) is 11.0. The number of hydrazone groups is 1. The van der Waals surface area contributed by atoms with Crippen molar-refractivity contribution in [2.24, 2.45) is 5.10 Å². The Bertz CT molecular complexity index is 1510. The number of hydrogen-bond acceptors (Lipinski definition) is 7. The molecule has 0 fully saturated rings. The Morgan fingerprint density at radius 2 is 2.00 bits per heavy atom. The van der Waals surface area contributed by atoms with Crippen LogP contribution in [0.3, 0.4) is 0 Å². The number of carbonyl (C=O) groups excluding carboxylic acids is 1. The van der Waals surface area contributed by atoms with Gasteiger partial charge in [-0.1, -0.05) is 30.3 Å². The molecule has 0 bridgehead atoms. The zero-order valence-corrected chi connectivity index (χ0v) is 22.6. The maximum Gasteiger partial charge on any atom is 0.267 e. The first-order valence-corrected chi connectivity index (χ1v) is 14.2. The Labute approximate surface area is 227 Å². The van der Waals surface area contributed by atoms with Crippen molar-refractivity contribution < 1.29 is 9.53 Å². The number of aryl methyl sites for hydroxylation is 2. The number of amides is 1. The summed E-state index contributed by atoms with van der Waals surface area (Å²) < 4.78 is 7.15. The van der Waals surface area contributed by atoms with Gasteiger partial charge in [0.1, 0.15) is 10.6 Å². The number of nitrogens with zero attached hydrogens (tertiary/aromatic N) is 3. The molecule has 0 atom stereocenters. The van der Waals surface area contributed by atoms with Crippen LogP contribution in [0.4, 0.5) is 0 Å². The van der Waals surface area contributed by atoms with Crippen molar-refractivity contribution in [2.45, 2.75) is 37.8 Å². The normalized spacial score (nSPS) is 12.8. The Balaban J connectivity index is 1.32.